The molecule has 1 aliphatic heterocycles. The molecular formula is C23H23N3O4S. The van der Waals surface area contributed by atoms with Crippen molar-refractivity contribution in [2.45, 2.75) is 18.1 Å². The zero-order valence-electron chi connectivity index (χ0n) is 17.3. The largest absolute Gasteiger partial charge is 0.497 e. The van der Waals surface area contributed by atoms with E-state index in [0.29, 0.717) is 29.6 Å². The number of ether oxygens (including phenoxy) is 2. The molecule has 3 aromatic rings. The highest BCUT2D eigenvalue weighted by Gasteiger charge is 2.39. The number of carbonyl (C=O) groups excluding carboxylic acids is 2. The molecule has 0 saturated carbocycles. The molecule has 2 heterocycles. The van der Waals surface area contributed by atoms with Gasteiger partial charge < -0.3 is 14.5 Å². The topological polar surface area (TPSA) is 84.0 Å². The third-order valence-electron chi connectivity index (χ3n) is 5.16. The van der Waals surface area contributed by atoms with Gasteiger partial charge in [0.05, 0.1) is 26.3 Å². The van der Waals surface area contributed by atoms with Crippen molar-refractivity contribution in [1.82, 2.24) is 9.88 Å². The van der Waals surface area contributed by atoms with Crippen LogP contribution in [0.25, 0.3) is 10.9 Å². The number of amides is 1. The lowest BCUT2D eigenvalue weighted by Crippen LogP contribution is -2.34. The summed E-state index contributed by atoms with van der Waals surface area (Å²) in [7, 11) is 2.92. The summed E-state index contributed by atoms with van der Waals surface area (Å²) in [5.41, 5.74) is 2.88. The van der Waals surface area contributed by atoms with Crippen LogP contribution in [0.5, 0.6) is 5.75 Å². The molecule has 0 radical (unpaired) electrons. The van der Waals surface area contributed by atoms with Crippen molar-refractivity contribution < 1.29 is 19.1 Å². The first-order chi connectivity index (χ1) is 15.1. The molecule has 1 aliphatic rings. The van der Waals surface area contributed by atoms with Gasteiger partial charge in [0.1, 0.15) is 11.0 Å². The molecule has 8 heteroatoms. The maximum Gasteiger partial charge on any atom is 0.307 e. The Morgan fingerprint density at radius 3 is 2.84 bits per heavy atom. The van der Waals surface area contributed by atoms with Crippen LogP contribution in [0.3, 0.4) is 0 Å². The molecule has 1 fully saturated rings. The summed E-state index contributed by atoms with van der Waals surface area (Å²) in [6.45, 7) is 0.466. The van der Waals surface area contributed by atoms with Crippen molar-refractivity contribution in [3.8, 4) is 5.75 Å². The summed E-state index contributed by atoms with van der Waals surface area (Å²) in [5, 5.41) is 1.17. The van der Waals surface area contributed by atoms with Crippen LogP contribution in [0, 0.1) is 0 Å². The second-order valence-corrected chi connectivity index (χ2v) is 8.25. The number of rotatable bonds is 7. The number of aromatic amines is 1. The number of H-pyrrole nitrogens is 1. The van der Waals surface area contributed by atoms with E-state index in [9.17, 15) is 9.59 Å². The number of hydrogen-bond acceptors (Lipinski definition) is 6. The van der Waals surface area contributed by atoms with Crippen LogP contribution in [0.15, 0.2) is 59.7 Å². The molecule has 1 N–H and O–H groups in total. The van der Waals surface area contributed by atoms with Crippen molar-refractivity contribution >= 4 is 45.4 Å². The Kier molecular flexibility index (Phi) is 6.27. The van der Waals surface area contributed by atoms with E-state index in [4.69, 9.17) is 9.47 Å². The SMILES string of the molecule is COC(=O)C[C@H]1SC(=Nc2cccc(OC)c2)N(CCc2c[nH]c3ccccc23)C1=O. The van der Waals surface area contributed by atoms with Crippen LogP contribution in [0.4, 0.5) is 5.69 Å². The molecule has 7 nitrogen and oxygen atoms in total. The highest BCUT2D eigenvalue weighted by atomic mass is 32.2. The van der Waals surface area contributed by atoms with E-state index in [-0.39, 0.29) is 12.3 Å². The molecule has 0 bridgehead atoms. The average molecular weight is 438 g/mol. The van der Waals surface area contributed by atoms with Crippen molar-refractivity contribution in [2.24, 2.45) is 4.99 Å². The fourth-order valence-corrected chi connectivity index (χ4v) is 4.70. The second kappa shape index (κ2) is 9.26. The number of methoxy groups -OCH3 is 2. The Bertz CT molecular complexity index is 1140. The van der Waals surface area contributed by atoms with Crippen LogP contribution in [-0.2, 0) is 20.7 Å². The normalized spacial score (nSPS) is 17.5. The quantitative estimate of drug-likeness (QED) is 0.567. The molecular weight excluding hydrogens is 414 g/mol. The lowest BCUT2D eigenvalue weighted by atomic mass is 10.1. The molecule has 160 valence electrons. The van der Waals surface area contributed by atoms with Crippen LogP contribution < -0.4 is 4.74 Å². The van der Waals surface area contributed by atoms with Gasteiger partial charge in [0.25, 0.3) is 0 Å². The number of fused-ring (bicyclic) bond motifs is 1. The number of carbonyl (C=O) groups is 2. The van der Waals surface area contributed by atoms with E-state index in [1.54, 1.807) is 12.0 Å². The van der Waals surface area contributed by atoms with Crippen LogP contribution in [-0.4, -0.2) is 52.9 Å². The molecule has 31 heavy (non-hydrogen) atoms. The number of esters is 1. The molecule has 0 aliphatic carbocycles. The Hall–Kier alpha value is -3.26. The van der Waals surface area contributed by atoms with Gasteiger partial charge in [0, 0.05) is 29.7 Å². The zero-order valence-corrected chi connectivity index (χ0v) is 18.1. The van der Waals surface area contributed by atoms with Crippen LogP contribution >= 0.6 is 11.8 Å². The summed E-state index contributed by atoms with van der Waals surface area (Å²) >= 11 is 1.30. The number of nitrogens with one attached hydrogen (secondary N) is 1. The second-order valence-electron chi connectivity index (χ2n) is 7.08. The van der Waals surface area contributed by atoms with E-state index >= 15 is 0 Å². The molecule has 1 atom stereocenters. The number of aliphatic imine (C=N–C) groups is 1. The van der Waals surface area contributed by atoms with Crippen molar-refractivity contribution in [3.63, 3.8) is 0 Å². The first-order valence-corrected chi connectivity index (χ1v) is 10.8. The third kappa shape index (κ3) is 4.59. The maximum absolute atomic E-state index is 13.1. The minimum Gasteiger partial charge on any atom is -0.497 e. The molecule has 1 amide bonds. The van der Waals surface area contributed by atoms with E-state index in [1.807, 2.05) is 48.7 Å². The minimum atomic E-state index is -0.542. The molecule has 2 aromatic carbocycles. The maximum atomic E-state index is 13.1. The fraction of sp³-hybridized carbons (Fsp3) is 0.261. The standard InChI is InChI=1S/C23H23N3O4S/c1-29-17-7-5-6-16(12-17)25-23-26(22(28)20(31-23)13-21(27)30-2)11-10-15-14-24-19-9-4-3-8-18(15)19/h3-9,12,14,20,24H,10-11,13H2,1-2H3/t20-/m1/s1. The lowest BCUT2D eigenvalue weighted by molar-refractivity contribution is -0.142. The van der Waals surface area contributed by atoms with Crippen molar-refractivity contribution in [3.05, 3.63) is 60.3 Å². The van der Waals surface area contributed by atoms with Gasteiger partial charge in [-0.2, -0.15) is 0 Å². The fourth-order valence-electron chi connectivity index (χ4n) is 3.53. The van der Waals surface area contributed by atoms with Gasteiger partial charge in [0.2, 0.25) is 5.91 Å². The van der Waals surface area contributed by atoms with Crippen LogP contribution in [0.1, 0.15) is 12.0 Å². The number of benzene rings is 2. The highest BCUT2D eigenvalue weighted by Crippen LogP contribution is 2.33. The molecule has 0 spiro atoms. The van der Waals surface area contributed by atoms with Gasteiger partial charge in [-0.05, 0) is 30.2 Å². The number of hydrogen-bond donors (Lipinski definition) is 1. The molecule has 0 unspecified atom stereocenters. The summed E-state index contributed by atoms with van der Waals surface area (Å²) in [4.78, 5) is 34.5. The number of thioether (sulfide) groups is 1. The Balaban J connectivity index is 1.59. The van der Waals surface area contributed by atoms with E-state index < -0.39 is 11.2 Å². The molecule has 1 aromatic heterocycles. The highest BCUT2D eigenvalue weighted by molar-refractivity contribution is 8.15. The Morgan fingerprint density at radius 2 is 2.03 bits per heavy atom. The van der Waals surface area contributed by atoms with Gasteiger partial charge >= 0.3 is 5.97 Å². The molecule has 4 rings (SSSR count). The lowest BCUT2D eigenvalue weighted by Gasteiger charge is -2.16. The van der Waals surface area contributed by atoms with Gasteiger partial charge in [-0.3, -0.25) is 14.5 Å². The smallest absolute Gasteiger partial charge is 0.307 e. The third-order valence-corrected chi connectivity index (χ3v) is 6.33. The predicted octanol–water partition coefficient (Wildman–Crippen LogP) is 3.91. The van der Waals surface area contributed by atoms with Crippen LogP contribution in [0.2, 0.25) is 0 Å². The number of amidine groups is 1. The summed E-state index contributed by atoms with van der Waals surface area (Å²) in [6.07, 6.45) is 2.66. The van der Waals surface area contributed by atoms with Gasteiger partial charge in [-0.25, -0.2) is 4.99 Å². The minimum absolute atomic E-state index is 0.0146. The monoisotopic (exact) mass is 437 g/mol. The van der Waals surface area contributed by atoms with E-state index in [1.165, 1.54) is 18.9 Å². The molecule has 1 saturated heterocycles. The average Bonchev–Trinajstić information content (AvgIpc) is 3.33. The Labute approximate surface area is 184 Å². The summed E-state index contributed by atoms with van der Waals surface area (Å²) in [5.74, 6) is 0.148. The summed E-state index contributed by atoms with van der Waals surface area (Å²) < 4.78 is 10.0. The van der Waals surface area contributed by atoms with Crippen molar-refractivity contribution in [1.29, 1.82) is 0 Å². The number of aromatic nitrogens is 1. The van der Waals surface area contributed by atoms with E-state index in [2.05, 4.69) is 16.0 Å². The number of para-hydroxylation sites is 1. The first-order valence-electron chi connectivity index (χ1n) is 9.91. The van der Waals surface area contributed by atoms with Gasteiger partial charge in [-0.1, -0.05) is 36.0 Å². The van der Waals surface area contributed by atoms with Gasteiger partial charge in [-0.15, -0.1) is 0 Å². The van der Waals surface area contributed by atoms with Crippen molar-refractivity contribution in [2.75, 3.05) is 20.8 Å². The Morgan fingerprint density at radius 1 is 1.19 bits per heavy atom. The van der Waals surface area contributed by atoms with E-state index in [0.717, 1.165) is 16.5 Å². The predicted molar refractivity (Wildman–Crippen MR) is 122 cm³/mol. The van der Waals surface area contributed by atoms with Gasteiger partial charge in [0.15, 0.2) is 5.17 Å². The number of nitrogens with zero attached hydrogens (tertiary/aromatic N) is 2. The summed E-state index contributed by atoms with van der Waals surface area (Å²) in [6, 6.07) is 15.4. The zero-order chi connectivity index (χ0) is 21.8. The first kappa shape index (κ1) is 21.0.